The molecular formula is C32H40ClN5O7. The van der Waals surface area contributed by atoms with Crippen molar-refractivity contribution >= 4 is 41.6 Å². The molecule has 13 heteroatoms. The number of halogens is 1. The summed E-state index contributed by atoms with van der Waals surface area (Å²) in [6, 6.07) is 14.0. The predicted octanol–water partition coefficient (Wildman–Crippen LogP) is 5.65. The number of nitrogens with one attached hydrogen (secondary N) is 2. The maximum absolute atomic E-state index is 13.4. The lowest BCUT2D eigenvalue weighted by Crippen LogP contribution is -2.40. The largest absolute Gasteiger partial charge is 0.493 e. The number of anilines is 1. The smallest absolute Gasteiger partial charge is 0.408 e. The average Bonchev–Trinajstić information content (AvgIpc) is 3.38. The van der Waals surface area contributed by atoms with Crippen LogP contribution in [0.4, 0.5) is 10.5 Å². The Kier molecular flexibility index (Phi) is 11.5. The molecule has 0 unspecified atom stereocenters. The summed E-state index contributed by atoms with van der Waals surface area (Å²) in [5.41, 5.74) is 0.709. The number of esters is 1. The first-order valence-electron chi connectivity index (χ1n) is 14.1. The van der Waals surface area contributed by atoms with Gasteiger partial charge in [0.25, 0.3) is 5.91 Å². The molecule has 0 atom stereocenters. The summed E-state index contributed by atoms with van der Waals surface area (Å²) >= 11 is 6.04. The zero-order valence-electron chi connectivity index (χ0n) is 26.8. The molecule has 0 aliphatic rings. The van der Waals surface area contributed by atoms with Crippen LogP contribution in [0.3, 0.4) is 0 Å². The van der Waals surface area contributed by atoms with E-state index >= 15 is 0 Å². The first-order valence-corrected chi connectivity index (χ1v) is 14.4. The van der Waals surface area contributed by atoms with E-state index in [2.05, 4.69) is 15.7 Å². The molecule has 0 aliphatic heterocycles. The Bertz CT molecular complexity index is 1530. The second kappa shape index (κ2) is 14.8. The van der Waals surface area contributed by atoms with Crippen LogP contribution in [0.5, 0.6) is 11.5 Å². The quantitative estimate of drug-likeness (QED) is 0.147. The minimum atomic E-state index is -1.04. The number of benzene rings is 2. The summed E-state index contributed by atoms with van der Waals surface area (Å²) in [4.78, 5) is 39.2. The van der Waals surface area contributed by atoms with Crippen LogP contribution in [-0.2, 0) is 14.3 Å². The van der Waals surface area contributed by atoms with E-state index in [-0.39, 0.29) is 13.2 Å². The molecule has 2 N–H and O–H groups in total. The molecule has 0 bridgehead atoms. The molecule has 12 nitrogen and oxygen atoms in total. The first kappa shape index (κ1) is 34.8. The van der Waals surface area contributed by atoms with Crippen LogP contribution in [0.2, 0.25) is 5.02 Å². The van der Waals surface area contributed by atoms with Gasteiger partial charge in [-0.1, -0.05) is 23.7 Å². The normalized spacial score (nSPS) is 11.6. The zero-order chi connectivity index (χ0) is 33.4. The third kappa shape index (κ3) is 11.1. The van der Waals surface area contributed by atoms with Gasteiger partial charge in [0.1, 0.15) is 36.4 Å². The van der Waals surface area contributed by atoms with Gasteiger partial charge in [0.2, 0.25) is 0 Å². The van der Waals surface area contributed by atoms with Crippen LogP contribution in [0, 0.1) is 0 Å². The Hall–Kier alpha value is -4.71. The molecule has 2 aromatic carbocycles. The molecule has 0 aliphatic carbocycles. The van der Waals surface area contributed by atoms with Gasteiger partial charge in [-0.2, -0.15) is 5.10 Å². The topological polar surface area (TPSA) is 133 Å². The fourth-order valence-electron chi connectivity index (χ4n) is 3.82. The molecule has 242 valence electrons. The summed E-state index contributed by atoms with van der Waals surface area (Å²) in [5.74, 6) is -0.326. The Balaban J connectivity index is 1.67. The van der Waals surface area contributed by atoms with Crippen molar-refractivity contribution in [2.45, 2.75) is 45.8 Å². The molecule has 1 aromatic heterocycles. The number of carbonyl (C=O) groups is 3. The number of hydrogen-bond acceptors (Lipinski definition) is 8. The van der Waals surface area contributed by atoms with Gasteiger partial charge in [0.15, 0.2) is 11.5 Å². The molecular weight excluding hydrogens is 602 g/mol. The molecule has 0 radical (unpaired) electrons. The Labute approximate surface area is 268 Å². The van der Waals surface area contributed by atoms with Crippen molar-refractivity contribution in [2.75, 3.05) is 39.7 Å². The van der Waals surface area contributed by atoms with E-state index in [9.17, 15) is 14.4 Å². The predicted molar refractivity (Wildman–Crippen MR) is 173 cm³/mol. The van der Waals surface area contributed by atoms with Crippen molar-refractivity contribution in [3.05, 3.63) is 65.4 Å². The number of methoxy groups -OCH3 is 1. The van der Waals surface area contributed by atoms with E-state index < -0.39 is 29.2 Å². The zero-order valence-corrected chi connectivity index (χ0v) is 27.5. The molecule has 0 saturated heterocycles. The van der Waals surface area contributed by atoms with Crippen molar-refractivity contribution in [3.8, 4) is 22.6 Å². The van der Waals surface area contributed by atoms with Gasteiger partial charge >= 0.3 is 12.1 Å². The lowest BCUT2D eigenvalue weighted by molar-refractivity contribution is -0.157. The van der Waals surface area contributed by atoms with Gasteiger partial charge in [0.05, 0.1) is 7.11 Å². The van der Waals surface area contributed by atoms with Crippen LogP contribution in [0.1, 0.15) is 45.1 Å². The molecule has 0 spiro atoms. The van der Waals surface area contributed by atoms with Crippen LogP contribution < -0.4 is 20.1 Å². The van der Waals surface area contributed by atoms with E-state index in [1.54, 1.807) is 88.5 Å². The van der Waals surface area contributed by atoms with Crippen LogP contribution in [0.15, 0.2) is 59.8 Å². The molecule has 45 heavy (non-hydrogen) atoms. The highest BCUT2D eigenvalue weighted by Crippen LogP contribution is 2.32. The summed E-state index contributed by atoms with van der Waals surface area (Å²) in [6.07, 6.45) is 2.63. The van der Waals surface area contributed by atoms with Gasteiger partial charge in [-0.25, -0.2) is 9.47 Å². The number of amides is 2. The number of ether oxygens (including phenoxy) is 4. The highest BCUT2D eigenvalue weighted by atomic mass is 35.5. The van der Waals surface area contributed by atoms with Gasteiger partial charge in [-0.3, -0.25) is 9.59 Å². The lowest BCUT2D eigenvalue weighted by Gasteiger charge is -2.26. The summed E-state index contributed by atoms with van der Waals surface area (Å²) < 4.78 is 23.5. The standard InChI is InChI=1S/C32H40ClN5O7/c1-31(2,3)45-30(41)34-17-28(39)44-32(4,5)19-43-26-14-13-24(16-27(26)42-8)36-29(40)25-15-22(18-38(25)35-20-37(6)7)21-9-11-23(33)12-10-21/h9-16,18,20H,17,19H2,1-8H3,(H,34,41)(H,36,40). The van der Waals surface area contributed by atoms with E-state index in [0.29, 0.717) is 27.9 Å². The van der Waals surface area contributed by atoms with Crippen molar-refractivity contribution < 1.29 is 33.3 Å². The summed E-state index contributed by atoms with van der Waals surface area (Å²) in [7, 11) is 5.14. The molecule has 2 amide bonds. The fraction of sp³-hybridized carbons (Fsp3) is 0.375. The molecule has 0 saturated carbocycles. The second-order valence-corrected chi connectivity index (χ2v) is 12.3. The Morgan fingerprint density at radius 1 is 0.956 bits per heavy atom. The van der Waals surface area contributed by atoms with E-state index in [1.165, 1.54) is 11.8 Å². The number of alkyl carbamates (subject to hydrolysis) is 1. The monoisotopic (exact) mass is 641 g/mol. The minimum absolute atomic E-state index is 0.0158. The Morgan fingerprint density at radius 3 is 2.27 bits per heavy atom. The van der Waals surface area contributed by atoms with E-state index in [0.717, 1.165) is 11.1 Å². The van der Waals surface area contributed by atoms with Crippen molar-refractivity contribution in [1.29, 1.82) is 0 Å². The van der Waals surface area contributed by atoms with E-state index in [4.69, 9.17) is 30.5 Å². The Morgan fingerprint density at radius 2 is 1.64 bits per heavy atom. The number of rotatable bonds is 12. The molecule has 0 fully saturated rings. The average molecular weight is 642 g/mol. The van der Waals surface area contributed by atoms with Gasteiger partial charge < -0.3 is 34.5 Å². The second-order valence-electron chi connectivity index (χ2n) is 11.9. The van der Waals surface area contributed by atoms with Gasteiger partial charge in [0, 0.05) is 42.6 Å². The highest BCUT2D eigenvalue weighted by Gasteiger charge is 2.26. The number of hydrogen-bond donors (Lipinski definition) is 2. The maximum atomic E-state index is 13.4. The third-order valence-corrected chi connectivity index (χ3v) is 6.03. The molecule has 1 heterocycles. The molecule has 3 aromatic rings. The summed E-state index contributed by atoms with van der Waals surface area (Å²) in [5, 5.41) is 10.3. The van der Waals surface area contributed by atoms with Gasteiger partial charge in [-0.15, -0.1) is 0 Å². The van der Waals surface area contributed by atoms with Crippen LogP contribution in [-0.4, -0.2) is 79.4 Å². The lowest BCUT2D eigenvalue weighted by atomic mass is 10.1. The van der Waals surface area contributed by atoms with Crippen molar-refractivity contribution in [3.63, 3.8) is 0 Å². The van der Waals surface area contributed by atoms with E-state index in [1.807, 2.05) is 26.2 Å². The summed E-state index contributed by atoms with van der Waals surface area (Å²) in [6.45, 7) is 8.13. The van der Waals surface area contributed by atoms with Crippen molar-refractivity contribution in [2.24, 2.45) is 5.10 Å². The number of nitrogens with zero attached hydrogens (tertiary/aromatic N) is 3. The maximum Gasteiger partial charge on any atom is 0.408 e. The van der Waals surface area contributed by atoms with Gasteiger partial charge in [-0.05, 0) is 70.5 Å². The first-order chi connectivity index (χ1) is 21.0. The highest BCUT2D eigenvalue weighted by molar-refractivity contribution is 6.30. The molecule has 3 rings (SSSR count). The third-order valence-electron chi connectivity index (χ3n) is 5.78. The van der Waals surface area contributed by atoms with Crippen LogP contribution in [0.25, 0.3) is 11.1 Å². The van der Waals surface area contributed by atoms with Crippen LogP contribution >= 0.6 is 11.6 Å². The minimum Gasteiger partial charge on any atom is -0.493 e. The fourth-order valence-corrected chi connectivity index (χ4v) is 3.95. The van der Waals surface area contributed by atoms with Crippen molar-refractivity contribution in [1.82, 2.24) is 14.9 Å². The number of aromatic nitrogens is 1. The number of carbonyl (C=O) groups excluding carboxylic acids is 3. The SMILES string of the molecule is COc1cc(NC(=O)c2cc(-c3ccc(Cl)cc3)cn2N=CN(C)C)ccc1OCC(C)(C)OC(=O)CNC(=O)OC(C)(C)C.